The summed E-state index contributed by atoms with van der Waals surface area (Å²) in [4.78, 5) is 12.1. The zero-order valence-corrected chi connectivity index (χ0v) is 20.2. The Labute approximate surface area is 204 Å². The molecule has 1 aliphatic rings. The van der Waals surface area contributed by atoms with Crippen molar-refractivity contribution in [1.29, 1.82) is 0 Å². The van der Waals surface area contributed by atoms with E-state index in [1.807, 2.05) is 12.1 Å². The summed E-state index contributed by atoms with van der Waals surface area (Å²) in [5, 5.41) is 1.05. The van der Waals surface area contributed by atoms with Crippen LogP contribution in [-0.2, 0) is 0 Å². The summed E-state index contributed by atoms with van der Waals surface area (Å²) in [6, 6.07) is 26.0. The maximum atomic E-state index is 5.12. The topological polar surface area (TPSA) is 34.0 Å². The van der Waals surface area contributed by atoms with E-state index in [-0.39, 0.29) is 0 Å². The lowest BCUT2D eigenvalue weighted by molar-refractivity contribution is 0.358. The second kappa shape index (κ2) is 9.07. The Morgan fingerprint density at radius 2 is 1.68 bits per heavy atom. The lowest BCUT2D eigenvalue weighted by Gasteiger charge is -2.25. The largest absolute Gasteiger partial charge is 0.351 e. The number of aromatic nitrogens is 3. The molecule has 1 aliphatic carbocycles. The Morgan fingerprint density at radius 3 is 2.50 bits per heavy atom. The van der Waals surface area contributed by atoms with Gasteiger partial charge in [-0.15, -0.1) is 11.3 Å². The monoisotopic (exact) mass is 464 g/mol. The predicted molar refractivity (Wildman–Crippen MR) is 144 cm³/mol. The zero-order chi connectivity index (χ0) is 22.9. The van der Waals surface area contributed by atoms with Gasteiger partial charge >= 0.3 is 0 Å². The smallest absolute Gasteiger partial charge is 0.135 e. The number of rotatable bonds is 5. The first kappa shape index (κ1) is 21.1. The molecule has 5 aromatic rings. The standard InChI is InChI=1S/C29H28N4S/c1-32(22-10-4-2-5-11-22)19-18-28-30-25-20-21(29-31-24-14-8-9-15-27(24)34-29)16-17-26(25)33(28)23-12-6-3-7-13-23/h2,4-5,8-11,14-20,23H,3,6-7,12-13H2,1H3/b19-18+. The first-order valence-corrected chi connectivity index (χ1v) is 12.9. The third-order valence-electron chi connectivity index (χ3n) is 6.81. The van der Waals surface area contributed by atoms with Crippen LogP contribution in [0.2, 0.25) is 0 Å². The van der Waals surface area contributed by atoms with Crippen molar-refractivity contribution in [2.75, 3.05) is 11.9 Å². The van der Waals surface area contributed by atoms with Crippen molar-refractivity contribution in [2.24, 2.45) is 0 Å². The Morgan fingerprint density at radius 1 is 0.882 bits per heavy atom. The fraction of sp³-hybridized carbons (Fsp3) is 0.241. The third kappa shape index (κ3) is 4.01. The van der Waals surface area contributed by atoms with Gasteiger partial charge < -0.3 is 9.47 Å². The summed E-state index contributed by atoms with van der Waals surface area (Å²) in [5.41, 5.74) is 5.63. The fourth-order valence-corrected chi connectivity index (χ4v) is 5.98. The maximum absolute atomic E-state index is 5.12. The van der Waals surface area contributed by atoms with Crippen LogP contribution in [0.15, 0.2) is 79.0 Å². The SMILES string of the molecule is CN(/C=C/c1nc2cc(-c3nc4ccccc4s3)ccc2n1C1CCCCC1)c1ccccc1. The molecular weight excluding hydrogens is 436 g/mol. The van der Waals surface area contributed by atoms with Crippen LogP contribution in [0.3, 0.4) is 0 Å². The first-order valence-electron chi connectivity index (χ1n) is 12.1. The molecule has 5 heteroatoms. The number of fused-ring (bicyclic) bond motifs is 2. The van der Waals surface area contributed by atoms with Crippen LogP contribution in [0, 0.1) is 0 Å². The van der Waals surface area contributed by atoms with Gasteiger partial charge in [0.1, 0.15) is 10.8 Å². The molecule has 2 heterocycles. The number of para-hydroxylation sites is 2. The lowest BCUT2D eigenvalue weighted by atomic mass is 9.95. The van der Waals surface area contributed by atoms with Gasteiger partial charge in [0.15, 0.2) is 0 Å². The molecule has 0 atom stereocenters. The van der Waals surface area contributed by atoms with E-state index in [1.54, 1.807) is 11.3 Å². The van der Waals surface area contributed by atoms with Crippen LogP contribution in [-0.4, -0.2) is 21.6 Å². The highest BCUT2D eigenvalue weighted by atomic mass is 32.1. The zero-order valence-electron chi connectivity index (χ0n) is 19.4. The minimum Gasteiger partial charge on any atom is -0.351 e. The van der Waals surface area contributed by atoms with Gasteiger partial charge in [-0.25, -0.2) is 9.97 Å². The first-order chi connectivity index (χ1) is 16.8. The molecule has 170 valence electrons. The van der Waals surface area contributed by atoms with Crippen molar-refractivity contribution in [1.82, 2.24) is 14.5 Å². The van der Waals surface area contributed by atoms with Crippen molar-refractivity contribution >= 4 is 44.4 Å². The molecule has 1 saturated carbocycles. The molecule has 1 fully saturated rings. The number of nitrogens with zero attached hydrogens (tertiary/aromatic N) is 4. The van der Waals surface area contributed by atoms with Gasteiger partial charge in [0.2, 0.25) is 0 Å². The summed E-state index contributed by atoms with van der Waals surface area (Å²) in [5.74, 6) is 1.03. The van der Waals surface area contributed by atoms with Crippen molar-refractivity contribution < 1.29 is 0 Å². The lowest BCUT2D eigenvalue weighted by Crippen LogP contribution is -2.14. The molecule has 0 saturated heterocycles. The van der Waals surface area contributed by atoms with E-state index in [9.17, 15) is 0 Å². The van der Waals surface area contributed by atoms with Crippen molar-refractivity contribution in [3.63, 3.8) is 0 Å². The number of benzene rings is 3. The van der Waals surface area contributed by atoms with E-state index in [4.69, 9.17) is 9.97 Å². The van der Waals surface area contributed by atoms with Gasteiger partial charge in [0, 0.05) is 30.5 Å². The molecule has 0 spiro atoms. The molecular formula is C29H28N4S. The van der Waals surface area contributed by atoms with Crippen LogP contribution < -0.4 is 4.90 Å². The van der Waals surface area contributed by atoms with Gasteiger partial charge in [-0.2, -0.15) is 0 Å². The fourth-order valence-electron chi connectivity index (χ4n) is 5.01. The molecule has 34 heavy (non-hydrogen) atoms. The van der Waals surface area contributed by atoms with Crippen LogP contribution in [0.4, 0.5) is 5.69 Å². The number of hydrogen-bond acceptors (Lipinski definition) is 4. The number of imidazole rings is 1. The molecule has 0 bridgehead atoms. The number of thiazole rings is 1. The van der Waals surface area contributed by atoms with Crippen LogP contribution in [0.5, 0.6) is 0 Å². The second-order valence-corrected chi connectivity index (χ2v) is 10.1. The van der Waals surface area contributed by atoms with Gasteiger partial charge in [-0.3, -0.25) is 0 Å². The van der Waals surface area contributed by atoms with Gasteiger partial charge in [0.05, 0.1) is 21.3 Å². The number of anilines is 1. The van der Waals surface area contributed by atoms with Crippen LogP contribution >= 0.6 is 11.3 Å². The summed E-state index contributed by atoms with van der Waals surface area (Å²) in [6.07, 6.45) is 10.7. The molecule has 0 amide bonds. The van der Waals surface area contributed by atoms with E-state index in [2.05, 4.69) is 89.5 Å². The maximum Gasteiger partial charge on any atom is 0.135 e. The summed E-state index contributed by atoms with van der Waals surface area (Å²) in [7, 11) is 2.09. The average molecular weight is 465 g/mol. The Hall–Kier alpha value is -3.44. The van der Waals surface area contributed by atoms with Gasteiger partial charge in [-0.1, -0.05) is 49.6 Å². The Kier molecular flexibility index (Phi) is 5.63. The van der Waals surface area contributed by atoms with E-state index in [0.29, 0.717) is 6.04 Å². The molecule has 2 aromatic heterocycles. The molecule has 4 nitrogen and oxygen atoms in total. The molecule has 0 radical (unpaired) electrons. The normalized spacial score (nSPS) is 15.0. The molecule has 0 unspecified atom stereocenters. The van der Waals surface area contributed by atoms with Gasteiger partial charge in [-0.05, 0) is 61.4 Å². The predicted octanol–water partition coefficient (Wildman–Crippen LogP) is 7.93. The summed E-state index contributed by atoms with van der Waals surface area (Å²) in [6.45, 7) is 0. The minimum absolute atomic E-state index is 0.508. The quantitative estimate of drug-likeness (QED) is 0.265. The van der Waals surface area contributed by atoms with E-state index in [0.717, 1.165) is 33.1 Å². The van der Waals surface area contributed by atoms with Crippen molar-refractivity contribution in [3.8, 4) is 10.6 Å². The highest BCUT2D eigenvalue weighted by Gasteiger charge is 2.21. The van der Waals surface area contributed by atoms with E-state index < -0.39 is 0 Å². The number of hydrogen-bond donors (Lipinski definition) is 0. The summed E-state index contributed by atoms with van der Waals surface area (Å²) >= 11 is 1.74. The highest BCUT2D eigenvalue weighted by molar-refractivity contribution is 7.21. The van der Waals surface area contributed by atoms with E-state index in [1.165, 1.54) is 42.3 Å². The van der Waals surface area contributed by atoms with Crippen molar-refractivity contribution in [2.45, 2.75) is 38.1 Å². The molecule has 0 N–H and O–H groups in total. The van der Waals surface area contributed by atoms with Gasteiger partial charge in [0.25, 0.3) is 0 Å². The highest BCUT2D eigenvalue weighted by Crippen LogP contribution is 2.36. The molecule has 0 aliphatic heterocycles. The molecule has 6 rings (SSSR count). The average Bonchev–Trinajstić information content (AvgIpc) is 3.49. The Bertz CT molecular complexity index is 1420. The minimum atomic E-state index is 0.508. The third-order valence-corrected chi connectivity index (χ3v) is 7.89. The van der Waals surface area contributed by atoms with E-state index >= 15 is 0 Å². The van der Waals surface area contributed by atoms with Crippen LogP contribution in [0.1, 0.15) is 44.0 Å². The van der Waals surface area contributed by atoms with Crippen molar-refractivity contribution in [3.05, 3.63) is 84.8 Å². The Balaban J connectivity index is 1.41. The summed E-state index contributed by atoms with van der Waals surface area (Å²) < 4.78 is 3.70. The van der Waals surface area contributed by atoms with Crippen LogP contribution in [0.25, 0.3) is 37.9 Å². The second-order valence-electron chi connectivity index (χ2n) is 9.08. The molecule has 3 aromatic carbocycles.